The molecular weight excluding hydrogens is 604 g/mol. The van der Waals surface area contributed by atoms with Crippen molar-refractivity contribution in [3.63, 3.8) is 0 Å². The first-order valence-electron chi connectivity index (χ1n) is 12.7. The van der Waals surface area contributed by atoms with Crippen molar-refractivity contribution in [1.29, 1.82) is 0 Å². The fourth-order valence-corrected chi connectivity index (χ4v) is 8.55. The number of para-hydroxylation sites is 1. The molecule has 2 saturated heterocycles. The molecule has 2 unspecified atom stereocenters. The van der Waals surface area contributed by atoms with Crippen LogP contribution in [0.2, 0.25) is 5.28 Å². The highest BCUT2D eigenvalue weighted by Gasteiger charge is 2.47. The molecule has 3 aliphatic heterocycles. The summed E-state index contributed by atoms with van der Waals surface area (Å²) in [6.45, 7) is 1.20. The van der Waals surface area contributed by atoms with Gasteiger partial charge in [0.2, 0.25) is 5.28 Å². The number of fused-ring (bicyclic) bond motifs is 3. The highest BCUT2D eigenvalue weighted by molar-refractivity contribution is 7.70. The Morgan fingerprint density at radius 1 is 1.10 bits per heavy atom. The summed E-state index contributed by atoms with van der Waals surface area (Å²) in [7, 11) is -9.55. The third-order valence-electron chi connectivity index (χ3n) is 7.72. The molecule has 6 rings (SSSR count). The second kappa shape index (κ2) is 10.6. The largest absolute Gasteiger partial charge is 0.387 e. The summed E-state index contributed by atoms with van der Waals surface area (Å²) < 4.78 is 40.7. The summed E-state index contributed by atoms with van der Waals surface area (Å²) in [6, 6.07) is 8.06. The lowest BCUT2D eigenvalue weighted by Gasteiger charge is -2.34. The van der Waals surface area contributed by atoms with Gasteiger partial charge in [-0.3, -0.25) is 13.7 Å². The fraction of sp³-hybridized carbons (Fsp3) is 0.522. The van der Waals surface area contributed by atoms with Crippen LogP contribution in [0.25, 0.3) is 11.2 Å². The van der Waals surface area contributed by atoms with Crippen molar-refractivity contribution in [1.82, 2.24) is 19.5 Å². The van der Waals surface area contributed by atoms with Gasteiger partial charge in [0.25, 0.3) is 0 Å². The Hall–Kier alpha value is -2.00. The van der Waals surface area contributed by atoms with Gasteiger partial charge in [0.1, 0.15) is 18.3 Å². The Bertz CT molecular complexity index is 1560. The summed E-state index contributed by atoms with van der Waals surface area (Å²) in [5.41, 5.74) is 2.62. The van der Waals surface area contributed by atoms with E-state index in [1.165, 1.54) is 16.5 Å². The van der Waals surface area contributed by atoms with Crippen molar-refractivity contribution >= 4 is 49.5 Å². The Kier molecular flexibility index (Phi) is 7.53. The Morgan fingerprint density at radius 2 is 1.83 bits per heavy atom. The van der Waals surface area contributed by atoms with E-state index in [0.717, 1.165) is 18.5 Å². The SMILES string of the molecule is O=P(O)(O)CP(=O)(O)OC[C@H]1O[C@@H](n2cnc3c(N4CC5(CCOCC5)c5ccccc54)nc(Cl)nc32)C(O)[C@H]1O. The van der Waals surface area contributed by atoms with Gasteiger partial charge >= 0.3 is 15.2 Å². The molecule has 0 amide bonds. The van der Waals surface area contributed by atoms with Gasteiger partial charge in [0.05, 0.1) is 12.9 Å². The Balaban J connectivity index is 1.30. The molecule has 18 heteroatoms. The average Bonchev–Trinajstić information content (AvgIpc) is 3.55. The number of hydrogen-bond donors (Lipinski definition) is 5. The van der Waals surface area contributed by atoms with Gasteiger partial charge < -0.3 is 43.8 Å². The van der Waals surface area contributed by atoms with Crippen molar-refractivity contribution < 1.29 is 48.0 Å². The first-order chi connectivity index (χ1) is 19.4. The van der Waals surface area contributed by atoms with E-state index in [0.29, 0.717) is 31.1 Å². The molecule has 5 heterocycles. The van der Waals surface area contributed by atoms with Gasteiger partial charge in [0, 0.05) is 30.9 Å². The molecule has 15 nitrogen and oxygen atoms in total. The van der Waals surface area contributed by atoms with Crippen LogP contribution in [-0.2, 0) is 28.5 Å². The third kappa shape index (κ3) is 5.46. The number of hydrogen-bond acceptors (Lipinski definition) is 11. The van der Waals surface area contributed by atoms with E-state index in [2.05, 4.69) is 21.0 Å². The molecule has 0 bridgehead atoms. The summed E-state index contributed by atoms with van der Waals surface area (Å²) in [5.74, 6) is -0.936. The quantitative estimate of drug-likeness (QED) is 0.185. The number of benzene rings is 1. The first kappa shape index (κ1) is 29.1. The fourth-order valence-electron chi connectivity index (χ4n) is 5.82. The molecule has 0 radical (unpaired) electrons. The van der Waals surface area contributed by atoms with E-state index >= 15 is 0 Å². The number of aromatic nitrogens is 4. The number of imidazole rings is 1. The lowest BCUT2D eigenvalue weighted by Crippen LogP contribution is -2.37. The second-order valence-electron chi connectivity index (χ2n) is 10.4. The van der Waals surface area contributed by atoms with Crippen LogP contribution in [-0.4, -0.2) is 95.0 Å². The molecular formula is C23H28ClN5O10P2. The van der Waals surface area contributed by atoms with E-state index in [-0.39, 0.29) is 16.3 Å². The van der Waals surface area contributed by atoms with E-state index < -0.39 is 52.2 Å². The smallest absolute Gasteiger partial charge is 0.340 e. The maximum absolute atomic E-state index is 12.0. The van der Waals surface area contributed by atoms with Gasteiger partial charge in [-0.25, -0.2) is 4.98 Å². The minimum absolute atomic E-state index is 0.0776. The molecule has 0 saturated carbocycles. The minimum atomic E-state index is -4.85. The van der Waals surface area contributed by atoms with Gasteiger partial charge in [0.15, 0.2) is 29.1 Å². The van der Waals surface area contributed by atoms with Crippen molar-refractivity contribution in [2.24, 2.45) is 0 Å². The molecule has 5 N–H and O–H groups in total. The summed E-state index contributed by atoms with van der Waals surface area (Å²) in [6.07, 6.45) is -2.60. The average molecular weight is 632 g/mol. The predicted molar refractivity (Wildman–Crippen MR) is 144 cm³/mol. The summed E-state index contributed by atoms with van der Waals surface area (Å²) >= 11 is 6.38. The predicted octanol–water partition coefficient (Wildman–Crippen LogP) is 1.64. The molecule has 5 atom stereocenters. The standard InChI is InChI=1S/C23H28ClN5O10P2/c24-22-26-19(28-10-23(5-7-37-8-6-23)13-3-1-2-4-14(13)28)16-20(27-22)29(11-25-16)21-18(31)17(30)15(39-21)9-38-41(35,36)12-40(32,33)34/h1-4,11,15,17-18,21,30-31H,5-10,12H2,(H,35,36)(H2,32,33,34)/t15-,17+,18?,21-/m1/s1. The van der Waals surface area contributed by atoms with Gasteiger partial charge in [-0.05, 0) is 36.1 Å². The Morgan fingerprint density at radius 3 is 2.56 bits per heavy atom. The van der Waals surface area contributed by atoms with Crippen LogP contribution >= 0.6 is 26.8 Å². The summed E-state index contributed by atoms with van der Waals surface area (Å²) in [5, 5.41) is 21.3. The molecule has 0 aliphatic carbocycles. The highest BCUT2D eigenvalue weighted by Crippen LogP contribution is 2.55. The zero-order chi connectivity index (χ0) is 29.2. The van der Waals surface area contributed by atoms with Crippen molar-refractivity contribution in [2.45, 2.75) is 42.8 Å². The van der Waals surface area contributed by atoms with Crippen LogP contribution < -0.4 is 4.90 Å². The monoisotopic (exact) mass is 631 g/mol. The molecule has 2 aromatic heterocycles. The minimum Gasteiger partial charge on any atom is -0.387 e. The van der Waals surface area contributed by atoms with Crippen molar-refractivity contribution in [2.75, 3.05) is 37.2 Å². The summed E-state index contributed by atoms with van der Waals surface area (Å²) in [4.78, 5) is 43.1. The maximum Gasteiger partial charge on any atom is 0.340 e. The van der Waals surface area contributed by atoms with Gasteiger partial charge in [-0.2, -0.15) is 9.97 Å². The molecule has 222 valence electrons. The number of anilines is 2. The van der Waals surface area contributed by atoms with Crippen LogP contribution in [0, 0.1) is 0 Å². The van der Waals surface area contributed by atoms with E-state index in [4.69, 9.17) is 35.4 Å². The number of aliphatic hydroxyl groups excluding tert-OH is 2. The van der Waals surface area contributed by atoms with Crippen LogP contribution in [0.15, 0.2) is 30.6 Å². The normalized spacial score (nSPS) is 27.4. The van der Waals surface area contributed by atoms with E-state index in [9.17, 15) is 24.2 Å². The van der Waals surface area contributed by atoms with Gasteiger partial charge in [-0.1, -0.05) is 18.2 Å². The lowest BCUT2D eigenvalue weighted by molar-refractivity contribution is -0.0483. The number of rotatable bonds is 7. The molecule has 1 aromatic carbocycles. The highest BCUT2D eigenvalue weighted by atomic mass is 35.5. The van der Waals surface area contributed by atoms with Crippen LogP contribution in [0.3, 0.4) is 0 Å². The van der Waals surface area contributed by atoms with Gasteiger partial charge in [-0.15, -0.1) is 0 Å². The van der Waals surface area contributed by atoms with E-state index in [1.54, 1.807) is 0 Å². The zero-order valence-electron chi connectivity index (χ0n) is 21.4. The molecule has 3 aromatic rings. The van der Waals surface area contributed by atoms with Crippen LogP contribution in [0.4, 0.5) is 11.5 Å². The topological polar surface area (TPSA) is 210 Å². The Labute approximate surface area is 238 Å². The second-order valence-corrected chi connectivity index (χ2v) is 14.8. The van der Waals surface area contributed by atoms with E-state index in [1.807, 2.05) is 23.1 Å². The van der Waals surface area contributed by atoms with Crippen LogP contribution in [0.1, 0.15) is 24.6 Å². The molecule has 1 spiro atoms. The van der Waals surface area contributed by atoms with Crippen molar-refractivity contribution in [3.8, 4) is 0 Å². The molecule has 41 heavy (non-hydrogen) atoms. The third-order valence-corrected chi connectivity index (χ3v) is 11.3. The first-order valence-corrected chi connectivity index (χ1v) is 16.7. The molecule has 2 fully saturated rings. The maximum atomic E-state index is 12.0. The molecule has 3 aliphatic rings. The number of aliphatic hydroxyl groups is 2. The van der Waals surface area contributed by atoms with Crippen LogP contribution in [0.5, 0.6) is 0 Å². The van der Waals surface area contributed by atoms with Crippen molar-refractivity contribution in [3.05, 3.63) is 41.4 Å². The number of halogens is 1. The zero-order valence-corrected chi connectivity index (χ0v) is 24.0. The number of nitrogens with zero attached hydrogens (tertiary/aromatic N) is 5. The number of ether oxygens (including phenoxy) is 2. The lowest BCUT2D eigenvalue weighted by atomic mass is 9.76.